The first-order chi connectivity index (χ1) is 5.42. The molecule has 0 saturated heterocycles. The lowest BCUT2D eigenvalue weighted by Crippen LogP contribution is -1.78. The Morgan fingerprint density at radius 1 is 1.27 bits per heavy atom. The number of furan rings is 1. The molecular weight excluding hydrogens is 136 g/mol. The molecule has 1 nitrogen and oxygen atoms in total. The highest BCUT2D eigenvalue weighted by atomic mass is 16.3. The van der Waals surface area contributed by atoms with Crippen molar-refractivity contribution in [1.82, 2.24) is 0 Å². The molecule has 1 heteroatoms. The zero-order valence-corrected chi connectivity index (χ0v) is 6.50. The number of aryl methyl sites for hydroxylation is 1. The Bertz CT molecular complexity index is 360. The summed E-state index contributed by atoms with van der Waals surface area (Å²) in [5.74, 6) is 0. The van der Waals surface area contributed by atoms with E-state index in [2.05, 4.69) is 13.0 Å². The first-order valence-corrected chi connectivity index (χ1v) is 3.87. The molecule has 2 rings (SSSR count). The van der Waals surface area contributed by atoms with Crippen LogP contribution in [0.25, 0.3) is 11.0 Å². The van der Waals surface area contributed by atoms with Gasteiger partial charge < -0.3 is 4.42 Å². The highest BCUT2D eigenvalue weighted by Crippen LogP contribution is 2.19. The van der Waals surface area contributed by atoms with Gasteiger partial charge in [-0.05, 0) is 24.1 Å². The first-order valence-electron chi connectivity index (χ1n) is 3.87. The second kappa shape index (κ2) is 2.42. The highest BCUT2D eigenvalue weighted by Gasteiger charge is 1.99. The van der Waals surface area contributed by atoms with Gasteiger partial charge in [0.25, 0.3) is 0 Å². The van der Waals surface area contributed by atoms with Crippen LogP contribution in [-0.4, -0.2) is 0 Å². The van der Waals surface area contributed by atoms with Gasteiger partial charge in [-0.2, -0.15) is 0 Å². The number of rotatable bonds is 1. The molecule has 0 aliphatic rings. The van der Waals surface area contributed by atoms with Crippen molar-refractivity contribution >= 4 is 11.0 Å². The van der Waals surface area contributed by atoms with Crippen LogP contribution < -0.4 is 0 Å². The topological polar surface area (TPSA) is 13.1 Å². The van der Waals surface area contributed by atoms with E-state index >= 15 is 0 Å². The van der Waals surface area contributed by atoms with Gasteiger partial charge in [0.15, 0.2) is 0 Å². The molecule has 1 heterocycles. The Balaban J connectivity index is 2.79. The third-order valence-corrected chi connectivity index (χ3v) is 1.97. The van der Waals surface area contributed by atoms with E-state index in [1.807, 2.05) is 18.2 Å². The smallest absolute Gasteiger partial charge is 0.134 e. The maximum absolute atomic E-state index is 5.26. The van der Waals surface area contributed by atoms with Gasteiger partial charge in [-0.25, -0.2) is 0 Å². The predicted octanol–water partition coefficient (Wildman–Crippen LogP) is 3.00. The van der Waals surface area contributed by atoms with Crippen molar-refractivity contribution in [3.63, 3.8) is 0 Å². The quantitative estimate of drug-likeness (QED) is 0.602. The molecule has 0 spiro atoms. The third-order valence-electron chi connectivity index (χ3n) is 1.97. The van der Waals surface area contributed by atoms with Gasteiger partial charge in [0.05, 0.1) is 6.26 Å². The fourth-order valence-corrected chi connectivity index (χ4v) is 1.37. The summed E-state index contributed by atoms with van der Waals surface area (Å²) in [5, 5.41) is 1.25. The number of fused-ring (bicyclic) bond motifs is 1. The van der Waals surface area contributed by atoms with Crippen molar-refractivity contribution in [2.45, 2.75) is 13.3 Å². The number of hydrogen-bond acceptors (Lipinski definition) is 1. The molecular formula is C10H10O. The molecule has 0 amide bonds. The lowest BCUT2D eigenvalue weighted by atomic mass is 10.1. The van der Waals surface area contributed by atoms with Gasteiger partial charge in [0, 0.05) is 5.39 Å². The fraction of sp³-hybridized carbons (Fsp3) is 0.200. The van der Waals surface area contributed by atoms with Gasteiger partial charge in [0.2, 0.25) is 0 Å². The average molecular weight is 146 g/mol. The van der Waals surface area contributed by atoms with Crippen LogP contribution in [0.4, 0.5) is 0 Å². The average Bonchev–Trinajstić information content (AvgIpc) is 2.50. The van der Waals surface area contributed by atoms with Crippen molar-refractivity contribution in [3.05, 3.63) is 36.1 Å². The van der Waals surface area contributed by atoms with Crippen LogP contribution in [0.15, 0.2) is 34.9 Å². The van der Waals surface area contributed by atoms with Crippen molar-refractivity contribution in [3.8, 4) is 0 Å². The van der Waals surface area contributed by atoms with Gasteiger partial charge in [-0.3, -0.25) is 0 Å². The van der Waals surface area contributed by atoms with E-state index < -0.39 is 0 Å². The highest BCUT2D eigenvalue weighted by molar-refractivity contribution is 5.80. The van der Waals surface area contributed by atoms with E-state index in [4.69, 9.17) is 4.42 Å². The summed E-state index contributed by atoms with van der Waals surface area (Å²) in [6, 6.07) is 8.19. The Labute approximate surface area is 65.6 Å². The zero-order chi connectivity index (χ0) is 7.68. The Hall–Kier alpha value is -1.24. The second-order valence-electron chi connectivity index (χ2n) is 2.60. The molecule has 0 bridgehead atoms. The van der Waals surface area contributed by atoms with E-state index in [1.165, 1.54) is 10.9 Å². The summed E-state index contributed by atoms with van der Waals surface area (Å²) in [6.45, 7) is 2.15. The van der Waals surface area contributed by atoms with Gasteiger partial charge in [0.1, 0.15) is 5.58 Å². The molecule has 11 heavy (non-hydrogen) atoms. The van der Waals surface area contributed by atoms with E-state index in [0.717, 1.165) is 12.0 Å². The third kappa shape index (κ3) is 0.929. The Kier molecular flexibility index (Phi) is 1.42. The van der Waals surface area contributed by atoms with Crippen LogP contribution in [0.1, 0.15) is 12.5 Å². The van der Waals surface area contributed by atoms with Crippen molar-refractivity contribution in [2.75, 3.05) is 0 Å². The van der Waals surface area contributed by atoms with Crippen LogP contribution in [0, 0.1) is 0 Å². The second-order valence-corrected chi connectivity index (χ2v) is 2.60. The molecule has 0 fully saturated rings. The minimum atomic E-state index is 0.990. The number of benzene rings is 1. The van der Waals surface area contributed by atoms with E-state index in [-0.39, 0.29) is 0 Å². The van der Waals surface area contributed by atoms with Gasteiger partial charge in [-0.15, -0.1) is 0 Å². The fourth-order valence-electron chi connectivity index (χ4n) is 1.37. The molecule has 0 atom stereocenters. The zero-order valence-electron chi connectivity index (χ0n) is 6.50. The number of hydrogen-bond donors (Lipinski definition) is 0. The van der Waals surface area contributed by atoms with Gasteiger partial charge >= 0.3 is 0 Å². The van der Waals surface area contributed by atoms with Gasteiger partial charge in [-0.1, -0.05) is 19.1 Å². The summed E-state index contributed by atoms with van der Waals surface area (Å²) >= 11 is 0. The Morgan fingerprint density at radius 2 is 2.18 bits per heavy atom. The normalized spacial score (nSPS) is 10.6. The summed E-state index contributed by atoms with van der Waals surface area (Å²) in [5.41, 5.74) is 2.35. The van der Waals surface area contributed by atoms with E-state index in [9.17, 15) is 0 Å². The standard InChI is InChI=1S/C10H10O/c1-2-8-4-3-5-10-9(8)6-7-11-10/h3-7H,2H2,1H3. The predicted molar refractivity (Wildman–Crippen MR) is 45.6 cm³/mol. The molecule has 0 unspecified atom stereocenters. The molecule has 0 aliphatic heterocycles. The first kappa shape index (κ1) is 6.47. The van der Waals surface area contributed by atoms with Crippen LogP contribution in [0.3, 0.4) is 0 Å². The lowest BCUT2D eigenvalue weighted by Gasteiger charge is -1.95. The minimum absolute atomic E-state index is 0.990. The molecule has 1 aromatic carbocycles. The SMILES string of the molecule is CCc1cccc2occc12. The van der Waals surface area contributed by atoms with E-state index in [1.54, 1.807) is 6.26 Å². The molecule has 0 aliphatic carbocycles. The molecule has 0 saturated carbocycles. The molecule has 1 aromatic heterocycles. The summed E-state index contributed by atoms with van der Waals surface area (Å²) in [6.07, 6.45) is 2.81. The molecule has 0 radical (unpaired) electrons. The monoisotopic (exact) mass is 146 g/mol. The maximum atomic E-state index is 5.26. The largest absolute Gasteiger partial charge is 0.464 e. The van der Waals surface area contributed by atoms with Crippen molar-refractivity contribution in [2.24, 2.45) is 0 Å². The van der Waals surface area contributed by atoms with Crippen LogP contribution in [-0.2, 0) is 6.42 Å². The van der Waals surface area contributed by atoms with E-state index in [0.29, 0.717) is 0 Å². The van der Waals surface area contributed by atoms with Crippen LogP contribution in [0.2, 0.25) is 0 Å². The maximum Gasteiger partial charge on any atom is 0.134 e. The minimum Gasteiger partial charge on any atom is -0.464 e. The Morgan fingerprint density at radius 3 is 3.00 bits per heavy atom. The summed E-state index contributed by atoms with van der Waals surface area (Å²) < 4.78 is 5.26. The van der Waals surface area contributed by atoms with Crippen molar-refractivity contribution in [1.29, 1.82) is 0 Å². The van der Waals surface area contributed by atoms with Crippen molar-refractivity contribution < 1.29 is 4.42 Å². The van der Waals surface area contributed by atoms with Crippen LogP contribution >= 0.6 is 0 Å². The summed E-state index contributed by atoms with van der Waals surface area (Å²) in [4.78, 5) is 0. The molecule has 2 aromatic rings. The summed E-state index contributed by atoms with van der Waals surface area (Å²) in [7, 11) is 0. The molecule has 56 valence electrons. The van der Waals surface area contributed by atoms with Crippen LogP contribution in [0.5, 0.6) is 0 Å². The lowest BCUT2D eigenvalue weighted by molar-refractivity contribution is 0.616. The molecule has 0 N–H and O–H groups in total.